The molecule has 4 aliphatic rings. The molecule has 2 saturated carbocycles. The number of nitrogens with zero attached hydrogens (tertiary/aromatic N) is 4. The Hall–Kier alpha value is -3.36. The number of aromatic amines is 1. The lowest BCUT2D eigenvalue weighted by Gasteiger charge is -2.41. The van der Waals surface area contributed by atoms with Crippen molar-refractivity contribution in [1.29, 1.82) is 0 Å². The molecule has 0 bridgehead atoms. The topological polar surface area (TPSA) is 117 Å². The molecule has 228 valence electrons. The number of ether oxygens (including phenoxy) is 1. The van der Waals surface area contributed by atoms with Crippen molar-refractivity contribution in [1.82, 2.24) is 25.0 Å². The summed E-state index contributed by atoms with van der Waals surface area (Å²) in [4.78, 5) is 32.3. The summed E-state index contributed by atoms with van der Waals surface area (Å²) in [7, 11) is 1.36. The fourth-order valence-corrected chi connectivity index (χ4v) is 7.06. The largest absolute Gasteiger partial charge is 0.481 e. The zero-order chi connectivity index (χ0) is 30.2. The molecule has 2 aromatic heterocycles. The summed E-state index contributed by atoms with van der Waals surface area (Å²) in [6.45, 7) is -1.45. The number of hydrogen-bond donors (Lipinski definition) is 2. The Morgan fingerprint density at radius 3 is 2.57 bits per heavy atom. The number of piperidine rings is 1. The molecule has 2 amide bonds. The molecular formula is C27H30F6N6O3. The number of rotatable bonds is 7. The molecule has 4 atom stereocenters. The number of H-pyrrole nitrogens is 1. The van der Waals surface area contributed by atoms with Gasteiger partial charge >= 0.3 is 6.18 Å². The quantitative estimate of drug-likeness (QED) is 0.469. The Labute approximate surface area is 236 Å². The SMILES string of the molecule is COc1cc(-c2cc(C(=O)N3CCC(C(N)=O)CC34C[C@H]4[C@@H]3CN(CC4(C(F)(F)F)CC4)CC3(F)F)[nH]n2)c(F)cn1. The van der Waals surface area contributed by atoms with Crippen LogP contribution in [0.3, 0.4) is 0 Å². The standard InChI is InChI=1S/C27H30F6N6O3/c1-42-21-6-15(18(28)10-35-21)19-7-20(37-36-19)23(41)39-5-2-14(22(34)40)8-25(39)9-16(25)17-11-38(13-26(17,29)30)12-24(3-4-24)27(31,32)33/h6-7,10,14,16-17H,2-5,8-9,11-13H2,1H3,(H2,34,40)(H,36,37)/t14?,16-,17-,25?/m0/s1. The van der Waals surface area contributed by atoms with Crippen LogP contribution >= 0.6 is 0 Å². The first-order chi connectivity index (χ1) is 19.7. The lowest BCUT2D eigenvalue weighted by Crippen LogP contribution is -2.52. The fraction of sp³-hybridized carbons (Fsp3) is 0.630. The van der Waals surface area contributed by atoms with E-state index in [1.807, 2.05) is 0 Å². The van der Waals surface area contributed by atoms with Gasteiger partial charge in [0.15, 0.2) is 5.82 Å². The Kier molecular flexibility index (Phi) is 6.55. The fourth-order valence-electron chi connectivity index (χ4n) is 7.06. The smallest absolute Gasteiger partial charge is 0.395 e. The third-order valence-corrected chi connectivity index (χ3v) is 9.61. The molecule has 4 fully saturated rings. The number of nitrogens with one attached hydrogen (secondary N) is 1. The van der Waals surface area contributed by atoms with Gasteiger partial charge in [0.25, 0.3) is 11.8 Å². The van der Waals surface area contributed by atoms with E-state index in [2.05, 4.69) is 15.2 Å². The van der Waals surface area contributed by atoms with Crippen molar-refractivity contribution in [2.45, 2.75) is 49.7 Å². The number of halogens is 6. The summed E-state index contributed by atoms with van der Waals surface area (Å²) in [6, 6.07) is 2.65. The minimum absolute atomic E-state index is 0.0107. The van der Waals surface area contributed by atoms with Gasteiger partial charge in [0.2, 0.25) is 11.8 Å². The van der Waals surface area contributed by atoms with Crippen LogP contribution in [0.15, 0.2) is 18.3 Å². The first-order valence-corrected chi connectivity index (χ1v) is 13.7. The van der Waals surface area contributed by atoms with Crippen molar-refractivity contribution in [3.05, 3.63) is 29.8 Å². The molecule has 0 aromatic carbocycles. The number of hydrogen-bond acceptors (Lipinski definition) is 6. The second-order valence-corrected chi connectivity index (χ2v) is 12.2. The molecule has 2 unspecified atom stereocenters. The number of carbonyl (C=O) groups excluding carboxylic acids is 2. The first-order valence-electron chi connectivity index (χ1n) is 13.7. The number of methoxy groups -OCH3 is 1. The molecule has 2 aliphatic carbocycles. The molecule has 4 heterocycles. The highest BCUT2D eigenvalue weighted by molar-refractivity contribution is 5.94. The average Bonchev–Trinajstić information content (AvgIpc) is 3.76. The van der Waals surface area contributed by atoms with Crippen molar-refractivity contribution < 1.29 is 40.7 Å². The summed E-state index contributed by atoms with van der Waals surface area (Å²) < 4.78 is 90.9. The molecule has 2 saturated heterocycles. The second kappa shape index (κ2) is 9.58. The highest BCUT2D eigenvalue weighted by atomic mass is 19.4. The van der Waals surface area contributed by atoms with Crippen LogP contribution in [0, 0.1) is 29.0 Å². The molecule has 9 nitrogen and oxygen atoms in total. The monoisotopic (exact) mass is 600 g/mol. The van der Waals surface area contributed by atoms with Gasteiger partial charge in [0.1, 0.15) is 5.69 Å². The van der Waals surface area contributed by atoms with E-state index in [1.165, 1.54) is 29.0 Å². The van der Waals surface area contributed by atoms with Gasteiger partial charge in [-0.05, 0) is 44.1 Å². The third-order valence-electron chi connectivity index (χ3n) is 9.61. The second-order valence-electron chi connectivity index (χ2n) is 12.2. The molecule has 1 spiro atoms. The average molecular weight is 601 g/mol. The van der Waals surface area contributed by atoms with Crippen LogP contribution in [-0.4, -0.2) is 87.7 Å². The van der Waals surface area contributed by atoms with Crippen LogP contribution in [0.4, 0.5) is 26.3 Å². The lowest BCUT2D eigenvalue weighted by atomic mass is 9.83. The maximum absolute atomic E-state index is 15.4. The summed E-state index contributed by atoms with van der Waals surface area (Å²) in [5.41, 5.74) is 2.63. The maximum atomic E-state index is 15.4. The zero-order valence-electron chi connectivity index (χ0n) is 22.7. The van der Waals surface area contributed by atoms with Crippen LogP contribution in [0.25, 0.3) is 11.3 Å². The van der Waals surface area contributed by atoms with E-state index < -0.39 is 71.5 Å². The Bertz CT molecular complexity index is 1410. The lowest BCUT2D eigenvalue weighted by molar-refractivity contribution is -0.191. The van der Waals surface area contributed by atoms with Gasteiger partial charge < -0.3 is 15.4 Å². The number of amides is 2. The number of primary amides is 1. The Morgan fingerprint density at radius 2 is 1.93 bits per heavy atom. The summed E-state index contributed by atoms with van der Waals surface area (Å²) in [5, 5.41) is 6.65. The molecular weight excluding hydrogens is 570 g/mol. The van der Waals surface area contributed by atoms with Crippen LogP contribution in [0.2, 0.25) is 0 Å². The Morgan fingerprint density at radius 1 is 1.19 bits per heavy atom. The zero-order valence-corrected chi connectivity index (χ0v) is 22.7. The van der Waals surface area contributed by atoms with Gasteiger partial charge in [0, 0.05) is 48.6 Å². The van der Waals surface area contributed by atoms with E-state index >= 15 is 8.78 Å². The van der Waals surface area contributed by atoms with Gasteiger partial charge in [-0.2, -0.15) is 18.3 Å². The predicted octanol–water partition coefficient (Wildman–Crippen LogP) is 3.63. The van der Waals surface area contributed by atoms with Crippen molar-refractivity contribution >= 4 is 11.8 Å². The third kappa shape index (κ3) is 4.69. The minimum Gasteiger partial charge on any atom is -0.481 e. The minimum atomic E-state index is -4.46. The van der Waals surface area contributed by atoms with Crippen molar-refractivity contribution in [2.24, 2.45) is 28.9 Å². The van der Waals surface area contributed by atoms with Crippen LogP contribution in [0.1, 0.15) is 42.6 Å². The highest BCUT2D eigenvalue weighted by Crippen LogP contribution is 2.63. The van der Waals surface area contributed by atoms with E-state index in [0.29, 0.717) is 0 Å². The summed E-state index contributed by atoms with van der Waals surface area (Å²) >= 11 is 0. The number of pyridine rings is 1. The van der Waals surface area contributed by atoms with E-state index in [1.54, 1.807) is 0 Å². The number of alkyl halides is 5. The van der Waals surface area contributed by atoms with Gasteiger partial charge in [-0.25, -0.2) is 18.2 Å². The van der Waals surface area contributed by atoms with E-state index in [4.69, 9.17) is 10.5 Å². The van der Waals surface area contributed by atoms with Crippen LogP contribution < -0.4 is 10.5 Å². The van der Waals surface area contributed by atoms with E-state index in [-0.39, 0.29) is 68.0 Å². The maximum Gasteiger partial charge on any atom is 0.395 e. The first kappa shape index (κ1) is 28.7. The van der Waals surface area contributed by atoms with Crippen LogP contribution in [0.5, 0.6) is 5.88 Å². The molecule has 2 aliphatic heterocycles. The highest BCUT2D eigenvalue weighted by Gasteiger charge is 2.71. The van der Waals surface area contributed by atoms with E-state index in [9.17, 15) is 27.2 Å². The summed E-state index contributed by atoms with van der Waals surface area (Å²) in [6.07, 6.45) is -3.20. The number of nitrogens with two attached hydrogens (primary N) is 1. The number of likely N-dealkylation sites (tertiary alicyclic amines) is 2. The molecule has 2 aromatic rings. The number of carbonyl (C=O) groups is 2. The van der Waals surface area contributed by atoms with Crippen molar-refractivity contribution in [3.8, 4) is 17.1 Å². The molecule has 15 heteroatoms. The molecule has 6 rings (SSSR count). The molecule has 0 radical (unpaired) electrons. The molecule has 42 heavy (non-hydrogen) atoms. The van der Waals surface area contributed by atoms with Gasteiger partial charge in [-0.1, -0.05) is 0 Å². The van der Waals surface area contributed by atoms with E-state index in [0.717, 1.165) is 6.20 Å². The van der Waals surface area contributed by atoms with Gasteiger partial charge in [-0.3, -0.25) is 19.6 Å². The normalized spacial score (nSPS) is 30.0. The number of aromatic nitrogens is 3. The van der Waals surface area contributed by atoms with Crippen molar-refractivity contribution in [2.75, 3.05) is 33.3 Å². The Balaban J connectivity index is 1.25. The van der Waals surface area contributed by atoms with Crippen molar-refractivity contribution in [3.63, 3.8) is 0 Å². The van der Waals surface area contributed by atoms with Gasteiger partial charge in [0.05, 0.1) is 31.0 Å². The van der Waals surface area contributed by atoms with Crippen LogP contribution in [-0.2, 0) is 4.79 Å². The molecule has 3 N–H and O–H groups in total. The predicted molar refractivity (Wildman–Crippen MR) is 135 cm³/mol. The van der Waals surface area contributed by atoms with Gasteiger partial charge in [-0.15, -0.1) is 0 Å². The summed E-state index contributed by atoms with van der Waals surface area (Å²) in [5.74, 6) is -7.68.